The average Bonchev–Trinajstić information content (AvgIpc) is 3.37. The summed E-state index contributed by atoms with van der Waals surface area (Å²) in [6.45, 7) is 1.67. The minimum Gasteiger partial charge on any atom is -0.477 e. The molecular weight excluding hydrogens is 432 g/mol. The molecule has 1 aromatic heterocycles. The zero-order chi connectivity index (χ0) is 21.4. The highest BCUT2D eigenvalue weighted by Gasteiger charge is 2.54. The van der Waals surface area contributed by atoms with Gasteiger partial charge in [-0.05, 0) is 31.4 Å². The largest absolute Gasteiger partial charge is 0.477 e. The fourth-order valence-corrected chi connectivity index (χ4v) is 5.04. The van der Waals surface area contributed by atoms with Crippen LogP contribution in [0.1, 0.15) is 25.6 Å². The number of carbonyl (C=O) groups is 3. The number of carboxylic acids is 1. The zero-order valence-corrected chi connectivity index (χ0v) is 17.4. The molecule has 1 aromatic rings. The summed E-state index contributed by atoms with van der Waals surface area (Å²) in [6.07, 6.45) is 5.13. The predicted molar refractivity (Wildman–Crippen MR) is 109 cm³/mol. The highest BCUT2D eigenvalue weighted by Crippen LogP contribution is 2.40. The van der Waals surface area contributed by atoms with Gasteiger partial charge in [0.05, 0.1) is 0 Å². The molecular formula is C17H18N6O5S2. The molecule has 2 amide bonds. The molecule has 0 radical (unpaired) electrons. The summed E-state index contributed by atoms with van der Waals surface area (Å²) in [4.78, 5) is 47.6. The quantitative estimate of drug-likeness (QED) is 0.240. The second-order valence-corrected chi connectivity index (χ2v) is 8.73. The molecule has 0 spiro atoms. The van der Waals surface area contributed by atoms with Gasteiger partial charge in [0.25, 0.3) is 11.8 Å². The van der Waals surface area contributed by atoms with Crippen molar-refractivity contribution in [1.29, 1.82) is 0 Å². The highest BCUT2D eigenvalue weighted by atomic mass is 32.2. The standard InChI is InChI=1S/C17H18N6O5S2/c1-7-6-29-15-10(14(25)23(15)11(7)16(26)27)19-13(24)9(12-20-17(18)30-22-12)21-28-8-4-2-3-5-8/h2,4,8,10,15H,3,5-6H2,1H3,(H,19,24)(H,26,27)(H2,18,20,22)/t8?,10?,15-/m0/s1. The first-order chi connectivity index (χ1) is 14.4. The van der Waals surface area contributed by atoms with E-state index in [0.29, 0.717) is 11.3 Å². The number of carboxylic acid groups (broad SMARTS) is 1. The number of hydrogen-bond acceptors (Lipinski definition) is 10. The number of amides is 2. The SMILES string of the molecule is CC1=C(C(=O)O)N2C(=O)C(NC(=O)C(=NOC3C=CCC3)c3nsc(N)n3)[C@@H]2SC1. The van der Waals surface area contributed by atoms with Crippen LogP contribution in [0.15, 0.2) is 28.6 Å². The van der Waals surface area contributed by atoms with E-state index in [4.69, 9.17) is 10.6 Å². The van der Waals surface area contributed by atoms with Crippen molar-refractivity contribution in [2.24, 2.45) is 5.16 Å². The Balaban J connectivity index is 1.52. The van der Waals surface area contributed by atoms with E-state index in [1.807, 2.05) is 12.2 Å². The van der Waals surface area contributed by atoms with E-state index in [9.17, 15) is 19.5 Å². The molecule has 4 N–H and O–H groups in total. The Labute approximate surface area is 179 Å². The molecule has 3 aliphatic rings. The summed E-state index contributed by atoms with van der Waals surface area (Å²) >= 11 is 2.29. The number of anilines is 1. The Morgan fingerprint density at radius 3 is 2.90 bits per heavy atom. The van der Waals surface area contributed by atoms with Crippen LogP contribution in [0.4, 0.5) is 5.13 Å². The van der Waals surface area contributed by atoms with Crippen molar-refractivity contribution in [3.63, 3.8) is 0 Å². The third kappa shape index (κ3) is 3.65. The van der Waals surface area contributed by atoms with Gasteiger partial charge in [-0.2, -0.15) is 9.36 Å². The van der Waals surface area contributed by atoms with Crippen LogP contribution in [0.25, 0.3) is 0 Å². The van der Waals surface area contributed by atoms with Crippen LogP contribution in [0, 0.1) is 0 Å². The van der Waals surface area contributed by atoms with Crippen LogP contribution in [-0.4, -0.2) is 66.1 Å². The molecule has 158 valence electrons. The number of allylic oxidation sites excluding steroid dienone is 1. The number of carbonyl (C=O) groups excluding carboxylic acids is 2. The first-order valence-electron chi connectivity index (χ1n) is 9.05. The van der Waals surface area contributed by atoms with Crippen LogP contribution in [0.3, 0.4) is 0 Å². The number of fused-ring (bicyclic) bond motifs is 1. The summed E-state index contributed by atoms with van der Waals surface area (Å²) in [5.41, 5.74) is 5.99. The minimum absolute atomic E-state index is 0.00105. The van der Waals surface area contributed by atoms with E-state index in [1.165, 1.54) is 16.7 Å². The lowest BCUT2D eigenvalue weighted by Crippen LogP contribution is -2.71. The van der Waals surface area contributed by atoms with Crippen molar-refractivity contribution >= 4 is 51.9 Å². The van der Waals surface area contributed by atoms with E-state index >= 15 is 0 Å². The van der Waals surface area contributed by atoms with Crippen molar-refractivity contribution < 1.29 is 24.3 Å². The van der Waals surface area contributed by atoms with Gasteiger partial charge in [-0.25, -0.2) is 4.79 Å². The first kappa shape index (κ1) is 20.3. The van der Waals surface area contributed by atoms with Crippen LogP contribution < -0.4 is 11.1 Å². The van der Waals surface area contributed by atoms with Gasteiger partial charge in [-0.15, -0.1) is 11.8 Å². The summed E-state index contributed by atoms with van der Waals surface area (Å²) in [6, 6.07) is -0.891. The normalized spacial score (nSPS) is 25.8. The zero-order valence-electron chi connectivity index (χ0n) is 15.8. The Morgan fingerprint density at radius 1 is 1.47 bits per heavy atom. The molecule has 0 bridgehead atoms. The lowest BCUT2D eigenvalue weighted by Gasteiger charge is -2.49. The van der Waals surface area contributed by atoms with Gasteiger partial charge in [-0.1, -0.05) is 11.2 Å². The number of nitrogens with two attached hydrogens (primary N) is 1. The van der Waals surface area contributed by atoms with Gasteiger partial charge in [0.15, 0.2) is 5.13 Å². The fraction of sp³-hybridized carbons (Fsp3) is 0.412. The Bertz CT molecular complexity index is 1000. The number of hydrogen-bond donors (Lipinski definition) is 3. The summed E-state index contributed by atoms with van der Waals surface area (Å²) in [5, 5.41) is 15.6. The van der Waals surface area contributed by atoms with Crippen molar-refractivity contribution in [1.82, 2.24) is 19.6 Å². The van der Waals surface area contributed by atoms with Crippen LogP contribution >= 0.6 is 23.3 Å². The molecule has 4 rings (SSSR count). The lowest BCUT2D eigenvalue weighted by molar-refractivity contribution is -0.150. The average molecular weight is 451 g/mol. The van der Waals surface area contributed by atoms with Crippen LogP contribution in [-0.2, 0) is 19.2 Å². The minimum atomic E-state index is -1.17. The van der Waals surface area contributed by atoms with Crippen LogP contribution in [0.5, 0.6) is 0 Å². The second kappa shape index (κ2) is 8.07. The van der Waals surface area contributed by atoms with Gasteiger partial charge in [-0.3, -0.25) is 14.5 Å². The van der Waals surface area contributed by atoms with Crippen LogP contribution in [0.2, 0.25) is 0 Å². The maximum atomic E-state index is 12.9. The lowest BCUT2D eigenvalue weighted by atomic mass is 10.0. The fourth-order valence-electron chi connectivity index (χ4n) is 3.31. The van der Waals surface area contributed by atoms with E-state index < -0.39 is 29.2 Å². The molecule has 3 heterocycles. The van der Waals surface area contributed by atoms with Crippen molar-refractivity contribution in [2.45, 2.75) is 37.3 Å². The number of oxime groups is 1. The highest BCUT2D eigenvalue weighted by molar-refractivity contribution is 8.00. The number of β-lactam (4-membered cyclic amide) rings is 1. The number of thioether (sulfide) groups is 1. The smallest absolute Gasteiger partial charge is 0.352 e. The third-order valence-electron chi connectivity index (χ3n) is 4.76. The number of nitrogens with zero attached hydrogens (tertiary/aromatic N) is 4. The maximum Gasteiger partial charge on any atom is 0.352 e. The van der Waals surface area contributed by atoms with E-state index in [-0.39, 0.29) is 28.5 Å². The van der Waals surface area contributed by atoms with E-state index in [2.05, 4.69) is 19.8 Å². The van der Waals surface area contributed by atoms with Crippen molar-refractivity contribution in [3.8, 4) is 0 Å². The van der Waals surface area contributed by atoms with Crippen molar-refractivity contribution in [3.05, 3.63) is 29.2 Å². The van der Waals surface area contributed by atoms with Gasteiger partial charge < -0.3 is 21.0 Å². The third-order valence-corrected chi connectivity index (χ3v) is 6.73. The first-order valence-corrected chi connectivity index (χ1v) is 10.9. The molecule has 3 atom stereocenters. The monoisotopic (exact) mass is 450 g/mol. The van der Waals surface area contributed by atoms with E-state index in [1.54, 1.807) is 6.92 Å². The van der Waals surface area contributed by atoms with Gasteiger partial charge in [0.2, 0.25) is 11.5 Å². The number of nitrogens with one attached hydrogen (secondary N) is 1. The van der Waals surface area contributed by atoms with Gasteiger partial charge >= 0.3 is 5.97 Å². The Hall–Kier alpha value is -2.93. The number of rotatable bonds is 6. The number of aliphatic carboxylic acids is 1. The Kier molecular flexibility index (Phi) is 5.47. The topological polar surface area (TPSA) is 160 Å². The molecule has 0 aromatic carbocycles. The molecule has 1 aliphatic carbocycles. The van der Waals surface area contributed by atoms with Gasteiger partial charge in [0, 0.05) is 17.3 Å². The van der Waals surface area contributed by atoms with Crippen molar-refractivity contribution in [2.75, 3.05) is 11.5 Å². The Morgan fingerprint density at radius 2 is 2.27 bits per heavy atom. The molecule has 13 heteroatoms. The molecule has 1 saturated heterocycles. The molecule has 1 fully saturated rings. The molecule has 11 nitrogen and oxygen atoms in total. The second-order valence-electron chi connectivity index (χ2n) is 6.84. The van der Waals surface area contributed by atoms with E-state index in [0.717, 1.165) is 24.4 Å². The predicted octanol–water partition coefficient (Wildman–Crippen LogP) is 0.318. The summed E-state index contributed by atoms with van der Waals surface area (Å²) in [7, 11) is 0. The van der Waals surface area contributed by atoms with Gasteiger partial charge in [0.1, 0.15) is 23.2 Å². The number of aromatic nitrogens is 2. The summed E-state index contributed by atoms with van der Waals surface area (Å²) < 4.78 is 4.01. The summed E-state index contributed by atoms with van der Waals surface area (Å²) in [5.74, 6) is -1.92. The number of nitrogen functional groups attached to an aromatic ring is 1. The molecule has 2 aliphatic heterocycles. The maximum absolute atomic E-state index is 12.9. The molecule has 30 heavy (non-hydrogen) atoms. The molecule has 2 unspecified atom stereocenters. The molecule has 0 saturated carbocycles.